The Morgan fingerprint density at radius 2 is 1.88 bits per heavy atom. The first-order chi connectivity index (χ1) is 15.4. The highest BCUT2D eigenvalue weighted by atomic mass is 35.5. The number of sulfonamides is 1. The maximum Gasteiger partial charge on any atom is 0.244 e. The highest BCUT2D eigenvalue weighted by Crippen LogP contribution is 2.26. The Morgan fingerprint density at radius 3 is 2.59 bits per heavy atom. The number of nitrogens with zero attached hydrogens (tertiary/aromatic N) is 4. The van der Waals surface area contributed by atoms with Gasteiger partial charge in [-0.2, -0.15) is 9.57 Å². The number of amides is 1. The molecule has 0 unspecified atom stereocenters. The van der Waals surface area contributed by atoms with Gasteiger partial charge in [-0.25, -0.2) is 13.4 Å². The van der Waals surface area contributed by atoms with Crippen molar-refractivity contribution in [2.24, 2.45) is 0 Å². The number of halogens is 1. The number of aromatic nitrogens is 1. The molecule has 0 spiro atoms. The highest BCUT2D eigenvalue weighted by Gasteiger charge is 2.31. The van der Waals surface area contributed by atoms with Gasteiger partial charge >= 0.3 is 0 Å². The van der Waals surface area contributed by atoms with Crippen molar-refractivity contribution in [3.8, 4) is 16.6 Å². The van der Waals surface area contributed by atoms with E-state index < -0.39 is 10.0 Å². The van der Waals surface area contributed by atoms with Gasteiger partial charge in [0, 0.05) is 42.1 Å². The van der Waals surface area contributed by atoms with Gasteiger partial charge in [0.2, 0.25) is 15.9 Å². The minimum atomic E-state index is -3.79. The van der Waals surface area contributed by atoms with Crippen molar-refractivity contribution in [2.45, 2.75) is 11.3 Å². The number of nitriles is 1. The van der Waals surface area contributed by atoms with Crippen LogP contribution in [0.15, 0.2) is 58.8 Å². The van der Waals surface area contributed by atoms with E-state index >= 15 is 0 Å². The van der Waals surface area contributed by atoms with Crippen LogP contribution in [0.3, 0.4) is 0 Å². The van der Waals surface area contributed by atoms with E-state index in [4.69, 9.17) is 11.6 Å². The van der Waals surface area contributed by atoms with Crippen LogP contribution in [-0.2, 0) is 21.2 Å². The summed E-state index contributed by atoms with van der Waals surface area (Å²) in [5, 5.41) is 12.5. The maximum absolute atomic E-state index is 12.9. The standard InChI is InChI=1S/C22H19ClN4O3S2/c23-18-6-3-5-16(12-18)22-25-19(15-31-22)13-21(28)26-8-10-27(11-9-26)32(29,30)20-7-2-1-4-17(20)14-24/h1-7,12,15H,8-11,13H2. The summed E-state index contributed by atoms with van der Waals surface area (Å²) < 4.78 is 27.2. The molecule has 4 rings (SSSR count). The van der Waals surface area contributed by atoms with Crippen molar-refractivity contribution in [2.75, 3.05) is 26.2 Å². The zero-order valence-electron chi connectivity index (χ0n) is 16.9. The molecule has 1 amide bonds. The number of piperazine rings is 1. The van der Waals surface area contributed by atoms with Crippen molar-refractivity contribution in [3.05, 3.63) is 70.2 Å². The lowest BCUT2D eigenvalue weighted by atomic mass is 10.2. The molecule has 0 saturated carbocycles. The fraction of sp³-hybridized carbons (Fsp3) is 0.227. The lowest BCUT2D eigenvalue weighted by Crippen LogP contribution is -2.51. The molecule has 10 heteroatoms. The summed E-state index contributed by atoms with van der Waals surface area (Å²) >= 11 is 7.49. The third-order valence-corrected chi connectivity index (χ3v) is 8.30. The highest BCUT2D eigenvalue weighted by molar-refractivity contribution is 7.89. The van der Waals surface area contributed by atoms with Crippen LogP contribution in [0.1, 0.15) is 11.3 Å². The summed E-state index contributed by atoms with van der Waals surface area (Å²) in [5.41, 5.74) is 1.69. The number of benzene rings is 2. The van der Waals surface area contributed by atoms with Gasteiger partial charge in [0.05, 0.1) is 22.6 Å². The van der Waals surface area contributed by atoms with Crippen molar-refractivity contribution in [3.63, 3.8) is 0 Å². The predicted molar refractivity (Wildman–Crippen MR) is 123 cm³/mol. The lowest BCUT2D eigenvalue weighted by molar-refractivity contribution is -0.131. The monoisotopic (exact) mass is 486 g/mol. The zero-order valence-corrected chi connectivity index (χ0v) is 19.3. The van der Waals surface area contributed by atoms with Crippen LogP contribution >= 0.6 is 22.9 Å². The fourth-order valence-corrected chi connectivity index (χ4v) is 6.08. The van der Waals surface area contributed by atoms with E-state index in [9.17, 15) is 18.5 Å². The Balaban J connectivity index is 1.39. The molecule has 7 nitrogen and oxygen atoms in total. The zero-order chi connectivity index (χ0) is 22.7. The van der Waals surface area contributed by atoms with Gasteiger partial charge in [-0.05, 0) is 24.3 Å². The molecule has 0 N–H and O–H groups in total. The molecule has 1 fully saturated rings. The second-order valence-corrected chi connectivity index (χ2v) is 10.4. The first kappa shape index (κ1) is 22.4. The molecule has 1 aliphatic rings. The van der Waals surface area contributed by atoms with Crippen molar-refractivity contribution >= 4 is 38.9 Å². The Kier molecular flexibility index (Phi) is 6.58. The van der Waals surface area contributed by atoms with Gasteiger partial charge in [-0.1, -0.05) is 35.9 Å². The van der Waals surface area contributed by atoms with E-state index in [1.165, 1.54) is 27.8 Å². The molecule has 1 aliphatic heterocycles. The van der Waals surface area contributed by atoms with Crippen molar-refractivity contribution in [1.82, 2.24) is 14.2 Å². The molecule has 1 aromatic heterocycles. The summed E-state index contributed by atoms with van der Waals surface area (Å²) in [6.45, 7) is 0.938. The van der Waals surface area contributed by atoms with Crippen LogP contribution in [0.4, 0.5) is 0 Å². The third kappa shape index (κ3) is 4.69. The number of rotatable bonds is 5. The smallest absolute Gasteiger partial charge is 0.244 e. The molecule has 2 aromatic carbocycles. The van der Waals surface area contributed by atoms with Crippen LogP contribution in [0, 0.1) is 11.3 Å². The SMILES string of the molecule is N#Cc1ccccc1S(=O)(=O)N1CCN(C(=O)Cc2csc(-c3cccc(Cl)c3)n2)CC1. The van der Waals surface area contributed by atoms with Gasteiger partial charge < -0.3 is 4.90 Å². The van der Waals surface area contributed by atoms with Gasteiger partial charge in [-0.3, -0.25) is 4.79 Å². The van der Waals surface area contributed by atoms with E-state index in [0.717, 1.165) is 10.6 Å². The molecule has 0 radical (unpaired) electrons. The Hall–Kier alpha value is -2.77. The molecular weight excluding hydrogens is 468 g/mol. The molecular formula is C22H19ClN4O3S2. The van der Waals surface area contributed by atoms with Gasteiger partial charge in [0.1, 0.15) is 11.1 Å². The molecule has 32 heavy (non-hydrogen) atoms. The number of hydrogen-bond acceptors (Lipinski definition) is 6. The van der Waals surface area contributed by atoms with Crippen molar-refractivity contribution in [1.29, 1.82) is 5.26 Å². The molecule has 3 aromatic rings. The Bertz CT molecular complexity index is 1290. The lowest BCUT2D eigenvalue weighted by Gasteiger charge is -2.34. The average Bonchev–Trinajstić information content (AvgIpc) is 3.27. The summed E-state index contributed by atoms with van der Waals surface area (Å²) in [5.74, 6) is -0.0950. The Labute approximate surface area is 195 Å². The quantitative estimate of drug-likeness (QED) is 0.550. The topological polar surface area (TPSA) is 94.4 Å². The first-order valence-corrected chi connectivity index (χ1v) is 12.6. The van der Waals surface area contributed by atoms with Gasteiger partial charge in [0.15, 0.2) is 0 Å². The maximum atomic E-state index is 12.9. The van der Waals surface area contributed by atoms with E-state index in [1.807, 2.05) is 29.6 Å². The molecule has 0 atom stereocenters. The van der Waals surface area contributed by atoms with Crippen LogP contribution < -0.4 is 0 Å². The van der Waals surface area contributed by atoms with Crippen LogP contribution in [0.25, 0.3) is 10.6 Å². The van der Waals surface area contributed by atoms with Crippen LogP contribution in [0.5, 0.6) is 0 Å². The molecule has 0 bridgehead atoms. The van der Waals surface area contributed by atoms with Gasteiger partial charge in [-0.15, -0.1) is 11.3 Å². The fourth-order valence-electron chi connectivity index (χ4n) is 3.51. The van der Waals surface area contributed by atoms with Crippen molar-refractivity contribution < 1.29 is 13.2 Å². The van der Waals surface area contributed by atoms with E-state index in [0.29, 0.717) is 10.7 Å². The summed E-state index contributed by atoms with van der Waals surface area (Å²) in [6.07, 6.45) is 0.154. The minimum Gasteiger partial charge on any atom is -0.340 e. The number of hydrogen-bond donors (Lipinski definition) is 0. The summed E-state index contributed by atoms with van der Waals surface area (Å²) in [7, 11) is -3.79. The summed E-state index contributed by atoms with van der Waals surface area (Å²) in [4.78, 5) is 18.9. The molecule has 2 heterocycles. The van der Waals surface area contributed by atoms with E-state index in [2.05, 4.69) is 4.98 Å². The number of carbonyl (C=O) groups excluding carboxylic acids is 1. The molecule has 0 aliphatic carbocycles. The third-order valence-electron chi connectivity index (χ3n) is 5.17. The second-order valence-electron chi connectivity index (χ2n) is 7.22. The molecule has 1 saturated heterocycles. The molecule has 164 valence electrons. The largest absolute Gasteiger partial charge is 0.340 e. The first-order valence-electron chi connectivity index (χ1n) is 9.86. The van der Waals surface area contributed by atoms with Crippen LogP contribution in [-0.4, -0.2) is 54.7 Å². The summed E-state index contributed by atoms with van der Waals surface area (Å²) in [6, 6.07) is 15.5. The van der Waals surface area contributed by atoms with Gasteiger partial charge in [0.25, 0.3) is 0 Å². The second kappa shape index (κ2) is 9.38. The number of carbonyl (C=O) groups is 1. The van der Waals surface area contributed by atoms with E-state index in [-0.39, 0.29) is 49.0 Å². The Morgan fingerprint density at radius 1 is 1.12 bits per heavy atom. The minimum absolute atomic E-state index is 0.00158. The average molecular weight is 487 g/mol. The predicted octanol–water partition coefficient (Wildman–Crippen LogP) is 3.41. The van der Waals surface area contributed by atoms with E-state index in [1.54, 1.807) is 23.1 Å². The normalized spacial score (nSPS) is 14.8. The number of thiazole rings is 1. The van der Waals surface area contributed by atoms with Crippen LogP contribution in [0.2, 0.25) is 5.02 Å².